The molecule has 0 saturated heterocycles. The lowest BCUT2D eigenvalue weighted by Gasteiger charge is -2.30. The van der Waals surface area contributed by atoms with E-state index in [1.54, 1.807) is 0 Å². The van der Waals surface area contributed by atoms with Crippen molar-refractivity contribution in [2.45, 2.75) is 5.41 Å². The van der Waals surface area contributed by atoms with Crippen molar-refractivity contribution in [2.75, 3.05) is 0 Å². The summed E-state index contributed by atoms with van der Waals surface area (Å²) < 4.78 is 8.97. The van der Waals surface area contributed by atoms with E-state index in [4.69, 9.17) is 4.42 Å². The molecular formula is C39H23NO. The predicted molar refractivity (Wildman–Crippen MR) is 167 cm³/mol. The lowest BCUT2D eigenvalue weighted by atomic mass is 9.70. The van der Waals surface area contributed by atoms with Gasteiger partial charge in [0.25, 0.3) is 0 Å². The lowest BCUT2D eigenvalue weighted by molar-refractivity contribution is 0.669. The first-order valence-electron chi connectivity index (χ1n) is 14.2. The highest BCUT2D eigenvalue weighted by Gasteiger charge is 2.52. The van der Waals surface area contributed by atoms with E-state index in [2.05, 4.69) is 144 Å². The Morgan fingerprint density at radius 2 is 1.24 bits per heavy atom. The van der Waals surface area contributed by atoms with Gasteiger partial charge in [0.15, 0.2) is 0 Å². The van der Waals surface area contributed by atoms with E-state index in [-0.39, 0.29) is 0 Å². The Morgan fingerprint density at radius 3 is 2.17 bits per heavy atom. The normalized spacial score (nSPS) is 16.4. The Hall–Kier alpha value is -5.34. The standard InChI is InChI=1S/C39H23NO/c1-7-15-35-24(9-1)21-22-40(35)25-17-18-27-26-10-2-5-13-31(26)39(34(27)23-25)32-14-6-3-12-30(32)37-33(39)20-19-29-28-11-4-8-16-36(28)41-38(29)37/h1-23H. The van der Waals surface area contributed by atoms with E-state index < -0.39 is 5.41 Å². The van der Waals surface area contributed by atoms with E-state index >= 15 is 0 Å². The molecule has 2 aliphatic carbocycles. The molecule has 2 heterocycles. The smallest absolute Gasteiger partial charge is 0.143 e. The fourth-order valence-corrected chi connectivity index (χ4v) is 7.85. The Kier molecular flexibility index (Phi) is 3.90. The Balaban J connectivity index is 1.36. The average molecular weight is 522 g/mol. The fraction of sp³-hybridized carbons (Fsp3) is 0.0256. The minimum atomic E-state index is -0.427. The van der Waals surface area contributed by atoms with Crippen LogP contribution in [0.3, 0.4) is 0 Å². The summed E-state index contributed by atoms with van der Waals surface area (Å²) in [6, 6.07) is 48.8. The van der Waals surface area contributed by atoms with Crippen LogP contribution in [-0.2, 0) is 5.41 Å². The van der Waals surface area contributed by atoms with Crippen LogP contribution in [0.25, 0.3) is 60.8 Å². The molecule has 2 aliphatic rings. The zero-order chi connectivity index (χ0) is 26.7. The molecule has 8 aromatic rings. The molecule has 0 amide bonds. The van der Waals surface area contributed by atoms with Crippen LogP contribution >= 0.6 is 0 Å². The molecular weight excluding hydrogens is 498 g/mol. The van der Waals surface area contributed by atoms with Crippen molar-refractivity contribution in [1.29, 1.82) is 0 Å². The number of rotatable bonds is 1. The van der Waals surface area contributed by atoms with Gasteiger partial charge in [0.05, 0.1) is 10.9 Å². The van der Waals surface area contributed by atoms with Gasteiger partial charge in [0.1, 0.15) is 11.2 Å². The average Bonchev–Trinajstić information content (AvgIpc) is 3.77. The van der Waals surface area contributed by atoms with Crippen LogP contribution in [0.4, 0.5) is 0 Å². The highest BCUT2D eigenvalue weighted by atomic mass is 16.3. The number of hydrogen-bond donors (Lipinski definition) is 0. The third kappa shape index (κ3) is 2.50. The van der Waals surface area contributed by atoms with Gasteiger partial charge in [-0.1, -0.05) is 103 Å². The molecule has 0 radical (unpaired) electrons. The van der Waals surface area contributed by atoms with Crippen molar-refractivity contribution in [1.82, 2.24) is 4.57 Å². The number of fused-ring (bicyclic) bond motifs is 15. The number of para-hydroxylation sites is 2. The number of hydrogen-bond acceptors (Lipinski definition) is 1. The molecule has 2 aromatic heterocycles. The fourth-order valence-electron chi connectivity index (χ4n) is 7.85. The summed E-state index contributed by atoms with van der Waals surface area (Å²) >= 11 is 0. The monoisotopic (exact) mass is 521 g/mol. The summed E-state index contributed by atoms with van der Waals surface area (Å²) in [5.74, 6) is 0. The number of nitrogens with zero attached hydrogens (tertiary/aromatic N) is 1. The minimum Gasteiger partial charge on any atom is -0.455 e. The maximum absolute atomic E-state index is 6.66. The summed E-state index contributed by atoms with van der Waals surface area (Å²) in [7, 11) is 0. The molecule has 0 saturated carbocycles. The van der Waals surface area contributed by atoms with E-state index in [1.165, 1.54) is 66.5 Å². The molecule has 1 unspecified atom stereocenters. The zero-order valence-corrected chi connectivity index (χ0v) is 22.1. The quantitative estimate of drug-likeness (QED) is 0.210. The van der Waals surface area contributed by atoms with Gasteiger partial charge in [0.2, 0.25) is 0 Å². The molecule has 2 nitrogen and oxygen atoms in total. The molecule has 1 spiro atoms. The van der Waals surface area contributed by atoms with Crippen LogP contribution in [0, 0.1) is 0 Å². The molecule has 0 N–H and O–H groups in total. The number of benzene rings is 6. The van der Waals surface area contributed by atoms with Crippen LogP contribution in [0.5, 0.6) is 0 Å². The lowest BCUT2D eigenvalue weighted by Crippen LogP contribution is -2.26. The predicted octanol–water partition coefficient (Wildman–Crippen LogP) is 9.87. The molecule has 0 bridgehead atoms. The second-order valence-electron chi connectivity index (χ2n) is 11.3. The molecule has 10 rings (SSSR count). The molecule has 2 heteroatoms. The van der Waals surface area contributed by atoms with Gasteiger partial charge in [-0.2, -0.15) is 0 Å². The first-order chi connectivity index (χ1) is 20.3. The first kappa shape index (κ1) is 21.5. The molecule has 1 atom stereocenters. The second-order valence-corrected chi connectivity index (χ2v) is 11.3. The summed E-state index contributed by atoms with van der Waals surface area (Å²) in [5.41, 5.74) is 14.2. The van der Waals surface area contributed by atoms with Crippen LogP contribution < -0.4 is 0 Å². The van der Waals surface area contributed by atoms with Crippen LogP contribution in [0.2, 0.25) is 0 Å². The van der Waals surface area contributed by atoms with Crippen molar-refractivity contribution in [3.8, 4) is 27.9 Å². The first-order valence-corrected chi connectivity index (χ1v) is 14.2. The number of aromatic nitrogens is 1. The van der Waals surface area contributed by atoms with Crippen molar-refractivity contribution >= 4 is 32.8 Å². The minimum absolute atomic E-state index is 0.427. The maximum Gasteiger partial charge on any atom is 0.143 e. The molecule has 190 valence electrons. The highest BCUT2D eigenvalue weighted by molar-refractivity contribution is 6.13. The van der Waals surface area contributed by atoms with Crippen molar-refractivity contribution in [3.63, 3.8) is 0 Å². The van der Waals surface area contributed by atoms with Crippen LogP contribution in [0.1, 0.15) is 22.3 Å². The van der Waals surface area contributed by atoms with E-state index in [9.17, 15) is 0 Å². The van der Waals surface area contributed by atoms with Gasteiger partial charge in [-0.25, -0.2) is 0 Å². The van der Waals surface area contributed by atoms with Gasteiger partial charge in [-0.15, -0.1) is 0 Å². The highest BCUT2D eigenvalue weighted by Crippen LogP contribution is 2.64. The summed E-state index contributed by atoms with van der Waals surface area (Å²) in [6.45, 7) is 0. The summed E-state index contributed by atoms with van der Waals surface area (Å²) in [6.07, 6.45) is 2.19. The van der Waals surface area contributed by atoms with Gasteiger partial charge >= 0.3 is 0 Å². The van der Waals surface area contributed by atoms with Crippen LogP contribution in [-0.4, -0.2) is 4.57 Å². The summed E-state index contributed by atoms with van der Waals surface area (Å²) in [4.78, 5) is 0. The van der Waals surface area contributed by atoms with E-state index in [0.29, 0.717) is 0 Å². The molecule has 0 aliphatic heterocycles. The second kappa shape index (κ2) is 7.44. The molecule has 6 aromatic carbocycles. The summed E-state index contributed by atoms with van der Waals surface area (Å²) in [5, 5.41) is 3.58. The van der Waals surface area contributed by atoms with Crippen LogP contribution in [0.15, 0.2) is 144 Å². The van der Waals surface area contributed by atoms with Gasteiger partial charge < -0.3 is 8.98 Å². The van der Waals surface area contributed by atoms with Gasteiger partial charge in [-0.3, -0.25) is 0 Å². The molecule has 41 heavy (non-hydrogen) atoms. The largest absolute Gasteiger partial charge is 0.455 e. The zero-order valence-electron chi connectivity index (χ0n) is 22.1. The maximum atomic E-state index is 6.66. The van der Waals surface area contributed by atoms with Crippen molar-refractivity contribution in [3.05, 3.63) is 162 Å². The Labute approximate surface area is 236 Å². The van der Waals surface area contributed by atoms with Gasteiger partial charge in [0, 0.05) is 28.2 Å². The SMILES string of the molecule is c1ccc2c(c1)-c1ccc(-n3ccc4ccccc43)cc1C21c2ccccc2-c2c1ccc1c2oc2ccccc21. The topological polar surface area (TPSA) is 18.1 Å². The van der Waals surface area contributed by atoms with Crippen molar-refractivity contribution < 1.29 is 4.42 Å². The number of furan rings is 1. The Morgan fingerprint density at radius 1 is 0.512 bits per heavy atom. The van der Waals surface area contributed by atoms with E-state index in [0.717, 1.165) is 16.6 Å². The molecule has 0 fully saturated rings. The third-order valence-corrected chi connectivity index (χ3v) is 9.46. The van der Waals surface area contributed by atoms with Crippen molar-refractivity contribution in [2.24, 2.45) is 0 Å². The van der Waals surface area contributed by atoms with E-state index in [1.807, 2.05) is 0 Å². The van der Waals surface area contributed by atoms with Gasteiger partial charge in [-0.05, 0) is 74.7 Å². The Bertz CT molecular complexity index is 2390. The third-order valence-electron chi connectivity index (χ3n) is 9.46.